The van der Waals surface area contributed by atoms with Gasteiger partial charge in [-0.2, -0.15) is 0 Å². The molecule has 0 aliphatic carbocycles. The van der Waals surface area contributed by atoms with Crippen LogP contribution < -0.4 is 0 Å². The summed E-state index contributed by atoms with van der Waals surface area (Å²) in [7, 11) is 2.07. The van der Waals surface area contributed by atoms with Crippen LogP contribution in [-0.2, 0) is 7.05 Å². The second-order valence-corrected chi connectivity index (χ2v) is 4.59. The normalized spacial score (nSPS) is 10.9. The van der Waals surface area contributed by atoms with E-state index >= 15 is 0 Å². The molecule has 1 heterocycles. The molecule has 1 aromatic heterocycles. The first-order valence-corrected chi connectivity index (χ1v) is 5.94. The summed E-state index contributed by atoms with van der Waals surface area (Å²) in [6, 6.07) is 18.6. The summed E-state index contributed by atoms with van der Waals surface area (Å²) < 4.78 is 2.18. The number of benzene rings is 2. The van der Waals surface area contributed by atoms with Crippen LogP contribution in [0.25, 0.3) is 22.2 Å². The standard InChI is InChI=1S/C15H12ClN/c1-17-14(11-5-3-2-4-6-11)9-12-7-8-13(16)10-15(12)17/h2-10H,1H3. The Morgan fingerprint density at radius 2 is 1.71 bits per heavy atom. The first kappa shape index (κ1) is 10.4. The van der Waals surface area contributed by atoms with Gasteiger partial charge in [0.2, 0.25) is 0 Å². The van der Waals surface area contributed by atoms with Crippen LogP contribution in [0.3, 0.4) is 0 Å². The summed E-state index contributed by atoms with van der Waals surface area (Å²) in [5.41, 5.74) is 3.60. The van der Waals surface area contributed by atoms with Gasteiger partial charge in [0.05, 0.1) is 0 Å². The Bertz CT molecular complexity index is 668. The summed E-state index contributed by atoms with van der Waals surface area (Å²) in [4.78, 5) is 0. The number of halogens is 1. The lowest BCUT2D eigenvalue weighted by Crippen LogP contribution is -1.90. The Morgan fingerprint density at radius 3 is 2.47 bits per heavy atom. The highest BCUT2D eigenvalue weighted by Gasteiger charge is 2.07. The van der Waals surface area contributed by atoms with Gasteiger partial charge >= 0.3 is 0 Å². The third kappa shape index (κ3) is 1.73. The number of aromatic nitrogens is 1. The molecule has 0 atom stereocenters. The molecular weight excluding hydrogens is 230 g/mol. The van der Waals surface area contributed by atoms with Crippen molar-refractivity contribution in [1.82, 2.24) is 4.57 Å². The Morgan fingerprint density at radius 1 is 0.941 bits per heavy atom. The molecule has 0 amide bonds. The van der Waals surface area contributed by atoms with Crippen LogP contribution in [0.2, 0.25) is 5.02 Å². The van der Waals surface area contributed by atoms with E-state index in [1.807, 2.05) is 18.2 Å². The highest BCUT2D eigenvalue weighted by molar-refractivity contribution is 6.31. The fourth-order valence-electron chi connectivity index (χ4n) is 2.19. The number of hydrogen-bond donors (Lipinski definition) is 0. The lowest BCUT2D eigenvalue weighted by molar-refractivity contribution is 0.978. The van der Waals surface area contributed by atoms with E-state index in [9.17, 15) is 0 Å². The minimum absolute atomic E-state index is 0.776. The van der Waals surface area contributed by atoms with E-state index in [0.717, 1.165) is 10.5 Å². The van der Waals surface area contributed by atoms with Crippen LogP contribution >= 0.6 is 11.6 Å². The molecule has 0 N–H and O–H groups in total. The van der Waals surface area contributed by atoms with Crippen molar-refractivity contribution in [2.24, 2.45) is 7.05 Å². The van der Waals surface area contributed by atoms with Crippen LogP contribution in [0.5, 0.6) is 0 Å². The Balaban J connectivity index is 2.28. The predicted octanol–water partition coefficient (Wildman–Crippen LogP) is 4.50. The van der Waals surface area contributed by atoms with Gasteiger partial charge in [-0.15, -0.1) is 0 Å². The molecule has 0 radical (unpaired) electrons. The maximum Gasteiger partial charge on any atom is 0.0497 e. The lowest BCUT2D eigenvalue weighted by atomic mass is 10.1. The van der Waals surface area contributed by atoms with Crippen LogP contribution in [0.15, 0.2) is 54.6 Å². The van der Waals surface area contributed by atoms with Gasteiger partial charge in [-0.05, 0) is 23.8 Å². The molecule has 0 aliphatic rings. The van der Waals surface area contributed by atoms with Gasteiger partial charge in [0.1, 0.15) is 0 Å². The van der Waals surface area contributed by atoms with E-state index in [-0.39, 0.29) is 0 Å². The van der Waals surface area contributed by atoms with Gasteiger partial charge in [-0.1, -0.05) is 48.0 Å². The van der Waals surface area contributed by atoms with Crippen LogP contribution in [0, 0.1) is 0 Å². The molecule has 3 aromatic rings. The molecule has 17 heavy (non-hydrogen) atoms. The zero-order valence-electron chi connectivity index (χ0n) is 9.52. The molecule has 1 nitrogen and oxygen atoms in total. The number of hydrogen-bond acceptors (Lipinski definition) is 0. The van der Waals surface area contributed by atoms with Gasteiger partial charge in [0.15, 0.2) is 0 Å². The molecule has 0 bridgehead atoms. The topological polar surface area (TPSA) is 4.93 Å². The summed E-state index contributed by atoms with van der Waals surface area (Å²) >= 11 is 6.03. The number of fused-ring (bicyclic) bond motifs is 1. The van der Waals surface area contributed by atoms with Crippen molar-refractivity contribution >= 4 is 22.5 Å². The summed E-state index contributed by atoms with van der Waals surface area (Å²) in [5, 5.41) is 1.99. The number of nitrogens with zero attached hydrogens (tertiary/aromatic N) is 1. The van der Waals surface area contributed by atoms with Gasteiger partial charge in [0, 0.05) is 28.7 Å². The molecule has 2 aromatic carbocycles. The molecule has 0 aliphatic heterocycles. The zero-order chi connectivity index (χ0) is 11.8. The molecular formula is C15H12ClN. The first-order valence-electron chi connectivity index (χ1n) is 5.56. The molecule has 2 heteroatoms. The smallest absolute Gasteiger partial charge is 0.0497 e. The van der Waals surface area contributed by atoms with Crippen LogP contribution in [0.4, 0.5) is 0 Å². The molecule has 0 saturated heterocycles. The third-order valence-corrected chi connectivity index (χ3v) is 3.31. The van der Waals surface area contributed by atoms with Crippen molar-refractivity contribution < 1.29 is 0 Å². The maximum atomic E-state index is 6.03. The third-order valence-electron chi connectivity index (χ3n) is 3.08. The van der Waals surface area contributed by atoms with E-state index in [4.69, 9.17) is 11.6 Å². The molecule has 84 valence electrons. The summed E-state index contributed by atoms with van der Waals surface area (Å²) in [6.45, 7) is 0. The van der Waals surface area contributed by atoms with Crippen molar-refractivity contribution in [3.8, 4) is 11.3 Å². The molecule has 0 saturated carbocycles. The van der Waals surface area contributed by atoms with Gasteiger partial charge < -0.3 is 4.57 Å². The monoisotopic (exact) mass is 241 g/mol. The van der Waals surface area contributed by atoms with Crippen molar-refractivity contribution in [2.75, 3.05) is 0 Å². The van der Waals surface area contributed by atoms with E-state index in [0.29, 0.717) is 0 Å². The molecule has 3 rings (SSSR count). The SMILES string of the molecule is Cn1c(-c2ccccc2)cc2ccc(Cl)cc21. The maximum absolute atomic E-state index is 6.03. The largest absolute Gasteiger partial charge is 0.344 e. The fraction of sp³-hybridized carbons (Fsp3) is 0.0667. The average Bonchev–Trinajstić information content (AvgIpc) is 2.68. The molecule has 0 fully saturated rings. The van der Waals surface area contributed by atoms with Crippen molar-refractivity contribution in [1.29, 1.82) is 0 Å². The molecule has 0 spiro atoms. The van der Waals surface area contributed by atoms with Gasteiger partial charge in [-0.3, -0.25) is 0 Å². The lowest BCUT2D eigenvalue weighted by Gasteiger charge is -2.04. The minimum atomic E-state index is 0.776. The second kappa shape index (κ2) is 3.94. The zero-order valence-corrected chi connectivity index (χ0v) is 10.3. The van der Waals surface area contributed by atoms with E-state index < -0.39 is 0 Å². The summed E-state index contributed by atoms with van der Waals surface area (Å²) in [6.07, 6.45) is 0. The summed E-state index contributed by atoms with van der Waals surface area (Å²) in [5.74, 6) is 0. The number of rotatable bonds is 1. The predicted molar refractivity (Wildman–Crippen MR) is 73.4 cm³/mol. The first-order chi connectivity index (χ1) is 8.25. The van der Waals surface area contributed by atoms with Gasteiger partial charge in [-0.25, -0.2) is 0 Å². The fourth-order valence-corrected chi connectivity index (χ4v) is 2.36. The quantitative estimate of drug-likeness (QED) is 0.591. The van der Waals surface area contributed by atoms with E-state index in [2.05, 4.69) is 48.0 Å². The van der Waals surface area contributed by atoms with Crippen molar-refractivity contribution in [2.45, 2.75) is 0 Å². The van der Waals surface area contributed by atoms with Gasteiger partial charge in [0.25, 0.3) is 0 Å². The Kier molecular flexibility index (Phi) is 2.41. The van der Waals surface area contributed by atoms with Crippen molar-refractivity contribution in [3.63, 3.8) is 0 Å². The van der Waals surface area contributed by atoms with Crippen LogP contribution in [0.1, 0.15) is 0 Å². The highest BCUT2D eigenvalue weighted by atomic mass is 35.5. The van der Waals surface area contributed by atoms with E-state index in [1.54, 1.807) is 0 Å². The molecule has 0 unspecified atom stereocenters. The van der Waals surface area contributed by atoms with Crippen molar-refractivity contribution in [3.05, 3.63) is 59.6 Å². The second-order valence-electron chi connectivity index (χ2n) is 4.16. The Labute approximate surface area is 105 Å². The minimum Gasteiger partial charge on any atom is -0.344 e. The number of aryl methyl sites for hydroxylation is 1. The van der Waals surface area contributed by atoms with Crippen LogP contribution in [-0.4, -0.2) is 4.57 Å². The highest BCUT2D eigenvalue weighted by Crippen LogP contribution is 2.28. The Hall–Kier alpha value is -1.73. The average molecular weight is 242 g/mol. The van der Waals surface area contributed by atoms with E-state index in [1.165, 1.54) is 16.6 Å².